The minimum atomic E-state index is -3.69. The first-order valence-corrected chi connectivity index (χ1v) is 11.2. The minimum Gasteiger partial charge on any atom is -0.385 e. The van der Waals surface area contributed by atoms with E-state index in [0.717, 1.165) is 24.8 Å². The molecule has 0 saturated heterocycles. The van der Waals surface area contributed by atoms with Gasteiger partial charge in [0.05, 0.1) is 4.90 Å². The molecule has 3 rings (SSSR count). The van der Waals surface area contributed by atoms with Crippen molar-refractivity contribution in [2.45, 2.75) is 38.0 Å². The van der Waals surface area contributed by atoms with Gasteiger partial charge >= 0.3 is 0 Å². The highest BCUT2D eigenvalue weighted by atomic mass is 32.2. The highest BCUT2D eigenvalue weighted by Gasteiger charge is 2.42. The molecule has 2 aromatic carbocycles. The zero-order chi connectivity index (χ0) is 21.1. The molecule has 0 heterocycles. The molecule has 1 amide bonds. The van der Waals surface area contributed by atoms with Gasteiger partial charge in [-0.1, -0.05) is 12.1 Å². The van der Waals surface area contributed by atoms with E-state index >= 15 is 0 Å². The summed E-state index contributed by atoms with van der Waals surface area (Å²) in [7, 11) is -2.01. The summed E-state index contributed by atoms with van der Waals surface area (Å²) in [5, 5.41) is 2.98. The first-order valence-electron chi connectivity index (χ1n) is 9.72. The van der Waals surface area contributed by atoms with E-state index in [2.05, 4.69) is 10.0 Å². The molecule has 0 aromatic heterocycles. The maximum atomic E-state index is 12.7. The van der Waals surface area contributed by atoms with Gasteiger partial charge in [-0.25, -0.2) is 8.42 Å². The topological polar surface area (TPSA) is 84.5 Å². The number of sulfonamides is 1. The third-order valence-corrected chi connectivity index (χ3v) is 6.97. The number of nitrogens with one attached hydrogen (secondary N) is 2. The zero-order valence-corrected chi connectivity index (χ0v) is 17.9. The van der Waals surface area contributed by atoms with Crippen LogP contribution in [0.5, 0.6) is 0 Å². The Balaban J connectivity index is 1.62. The smallest absolute Gasteiger partial charge is 0.262 e. The van der Waals surface area contributed by atoms with Gasteiger partial charge in [-0.05, 0) is 80.0 Å². The summed E-state index contributed by atoms with van der Waals surface area (Å²) in [5.74, 6) is -0.155. The zero-order valence-electron chi connectivity index (χ0n) is 17.1. The van der Waals surface area contributed by atoms with Gasteiger partial charge in [0.25, 0.3) is 15.9 Å². The largest absolute Gasteiger partial charge is 0.385 e. The lowest BCUT2D eigenvalue weighted by atomic mass is 10.0. The lowest BCUT2D eigenvalue weighted by Crippen LogP contribution is -2.30. The predicted molar refractivity (Wildman–Crippen MR) is 114 cm³/mol. The lowest BCUT2D eigenvalue weighted by Gasteiger charge is -2.15. The Morgan fingerprint density at radius 3 is 2.41 bits per heavy atom. The second kappa shape index (κ2) is 8.55. The van der Waals surface area contributed by atoms with Gasteiger partial charge in [0.2, 0.25) is 0 Å². The molecule has 156 valence electrons. The first kappa shape index (κ1) is 21.3. The van der Waals surface area contributed by atoms with Crippen LogP contribution in [0.1, 0.15) is 40.7 Å². The summed E-state index contributed by atoms with van der Waals surface area (Å²) < 4.78 is 33.1. The van der Waals surface area contributed by atoms with E-state index in [1.54, 1.807) is 50.4 Å². The Morgan fingerprint density at radius 1 is 1.10 bits per heavy atom. The molecule has 1 saturated carbocycles. The van der Waals surface area contributed by atoms with Crippen molar-refractivity contribution in [1.29, 1.82) is 0 Å². The summed E-state index contributed by atoms with van der Waals surface area (Å²) in [4.78, 5) is 12.7. The Labute approximate surface area is 172 Å². The average molecular weight is 417 g/mol. The van der Waals surface area contributed by atoms with Crippen LogP contribution in [0.4, 0.5) is 5.69 Å². The predicted octanol–water partition coefficient (Wildman–Crippen LogP) is 3.65. The number of carbonyl (C=O) groups is 1. The fourth-order valence-electron chi connectivity index (χ4n) is 3.28. The number of benzene rings is 2. The molecule has 0 atom stereocenters. The quantitative estimate of drug-likeness (QED) is 0.653. The molecule has 1 aliphatic carbocycles. The van der Waals surface area contributed by atoms with Crippen molar-refractivity contribution in [3.05, 3.63) is 59.2 Å². The van der Waals surface area contributed by atoms with Crippen LogP contribution >= 0.6 is 0 Å². The number of hydrogen-bond donors (Lipinski definition) is 2. The second-order valence-corrected chi connectivity index (χ2v) is 9.53. The maximum absolute atomic E-state index is 12.7. The molecular formula is C22H28N2O4S. The molecule has 1 fully saturated rings. The van der Waals surface area contributed by atoms with Gasteiger partial charge in [-0.3, -0.25) is 9.52 Å². The first-order chi connectivity index (χ1) is 13.7. The number of rotatable bonds is 9. The molecule has 0 spiro atoms. The van der Waals surface area contributed by atoms with Crippen LogP contribution < -0.4 is 10.0 Å². The molecule has 2 N–H and O–H groups in total. The van der Waals surface area contributed by atoms with Gasteiger partial charge in [0.15, 0.2) is 0 Å². The van der Waals surface area contributed by atoms with Gasteiger partial charge in [0, 0.05) is 31.5 Å². The maximum Gasteiger partial charge on any atom is 0.262 e. The van der Waals surface area contributed by atoms with Gasteiger partial charge in [0.1, 0.15) is 0 Å². The molecule has 2 aromatic rings. The van der Waals surface area contributed by atoms with E-state index in [-0.39, 0.29) is 16.2 Å². The van der Waals surface area contributed by atoms with Crippen molar-refractivity contribution >= 4 is 21.6 Å². The number of aryl methyl sites for hydroxylation is 2. The molecule has 0 unspecified atom stereocenters. The molecule has 0 radical (unpaired) electrons. The van der Waals surface area contributed by atoms with E-state index in [1.165, 1.54) is 0 Å². The van der Waals surface area contributed by atoms with Crippen LogP contribution in [0.3, 0.4) is 0 Å². The third kappa shape index (κ3) is 5.36. The van der Waals surface area contributed by atoms with Crippen molar-refractivity contribution in [1.82, 2.24) is 5.32 Å². The molecule has 6 nitrogen and oxygen atoms in total. The SMILES string of the molecule is COCCC1(CNC(=O)c2ccc(NS(=O)(=O)c3cc(C)ccc3C)cc2)CC1. The van der Waals surface area contributed by atoms with E-state index < -0.39 is 10.0 Å². The molecular weight excluding hydrogens is 388 g/mol. The normalized spacial score (nSPS) is 15.0. The summed E-state index contributed by atoms with van der Waals surface area (Å²) in [5.41, 5.74) is 2.65. The number of methoxy groups -OCH3 is 1. The number of amides is 1. The number of anilines is 1. The van der Waals surface area contributed by atoms with Crippen LogP contribution in [0.2, 0.25) is 0 Å². The highest BCUT2D eigenvalue weighted by molar-refractivity contribution is 7.92. The van der Waals surface area contributed by atoms with Crippen LogP contribution in [-0.2, 0) is 14.8 Å². The molecule has 7 heteroatoms. The average Bonchev–Trinajstić information content (AvgIpc) is 3.47. The minimum absolute atomic E-state index is 0.155. The van der Waals surface area contributed by atoms with Gasteiger partial charge < -0.3 is 10.1 Å². The second-order valence-electron chi connectivity index (χ2n) is 7.88. The molecule has 29 heavy (non-hydrogen) atoms. The van der Waals surface area contributed by atoms with E-state index in [9.17, 15) is 13.2 Å². The standard InChI is InChI=1S/C22H28N2O4S/c1-16-4-5-17(2)20(14-16)29(26,27)24-19-8-6-18(7-9-19)21(25)23-15-22(10-11-22)12-13-28-3/h4-9,14,24H,10-13,15H2,1-3H3,(H,23,25). The highest BCUT2D eigenvalue weighted by Crippen LogP contribution is 2.48. The van der Waals surface area contributed by atoms with Crippen LogP contribution in [0.25, 0.3) is 0 Å². The van der Waals surface area contributed by atoms with Crippen molar-refractivity contribution in [2.24, 2.45) is 5.41 Å². The van der Waals surface area contributed by atoms with Crippen molar-refractivity contribution in [3.63, 3.8) is 0 Å². The van der Waals surface area contributed by atoms with E-state index in [4.69, 9.17) is 4.74 Å². The Kier molecular flexibility index (Phi) is 6.29. The van der Waals surface area contributed by atoms with Gasteiger partial charge in [-0.15, -0.1) is 0 Å². The lowest BCUT2D eigenvalue weighted by molar-refractivity contribution is 0.0938. The Morgan fingerprint density at radius 2 is 1.79 bits per heavy atom. The van der Waals surface area contributed by atoms with E-state index in [1.807, 2.05) is 13.0 Å². The summed E-state index contributed by atoms with van der Waals surface area (Å²) in [6, 6.07) is 11.8. The Hall–Kier alpha value is -2.38. The number of carbonyl (C=O) groups excluding carboxylic acids is 1. The summed E-state index contributed by atoms with van der Waals surface area (Å²) in [6.07, 6.45) is 3.16. The van der Waals surface area contributed by atoms with Gasteiger partial charge in [-0.2, -0.15) is 0 Å². The third-order valence-electron chi connectivity index (χ3n) is 5.45. The van der Waals surface area contributed by atoms with Crippen LogP contribution in [0, 0.1) is 19.3 Å². The summed E-state index contributed by atoms with van der Waals surface area (Å²) in [6.45, 7) is 4.95. The molecule has 0 bridgehead atoms. The van der Waals surface area contributed by atoms with Crippen molar-refractivity contribution in [3.8, 4) is 0 Å². The van der Waals surface area contributed by atoms with Crippen LogP contribution in [0.15, 0.2) is 47.4 Å². The van der Waals surface area contributed by atoms with Crippen molar-refractivity contribution < 1.29 is 17.9 Å². The molecule has 0 aliphatic heterocycles. The van der Waals surface area contributed by atoms with Crippen molar-refractivity contribution in [2.75, 3.05) is 25.0 Å². The summed E-state index contributed by atoms with van der Waals surface area (Å²) >= 11 is 0. The number of hydrogen-bond acceptors (Lipinski definition) is 4. The van der Waals surface area contributed by atoms with Crippen LogP contribution in [-0.4, -0.2) is 34.6 Å². The molecule has 1 aliphatic rings. The Bertz CT molecular complexity index is 980. The number of ether oxygens (including phenoxy) is 1. The fraction of sp³-hybridized carbons (Fsp3) is 0.409. The fourth-order valence-corrected chi connectivity index (χ4v) is 4.67. The monoisotopic (exact) mass is 416 g/mol. The van der Waals surface area contributed by atoms with E-state index in [0.29, 0.717) is 30.0 Å².